The van der Waals surface area contributed by atoms with Crippen molar-refractivity contribution in [2.24, 2.45) is 0 Å². The van der Waals surface area contributed by atoms with Crippen molar-refractivity contribution in [1.29, 1.82) is 0 Å². The van der Waals surface area contributed by atoms with E-state index in [1.165, 1.54) is 218 Å². The summed E-state index contributed by atoms with van der Waals surface area (Å²) in [4.78, 5) is 37.4. The highest BCUT2D eigenvalue weighted by molar-refractivity contribution is 5.71. The van der Waals surface area contributed by atoms with Crippen LogP contribution in [0.1, 0.15) is 284 Å². The first kappa shape index (κ1) is 65.0. The van der Waals surface area contributed by atoms with Gasteiger partial charge in [-0.3, -0.25) is 9.59 Å². The van der Waals surface area contributed by atoms with E-state index >= 15 is 0 Å². The second kappa shape index (κ2) is 50.4. The molecule has 2 atom stereocenters. The zero-order chi connectivity index (χ0) is 49.2. The molecule has 0 aromatic carbocycles. The molecule has 0 aromatic heterocycles. The summed E-state index contributed by atoms with van der Waals surface area (Å²) >= 11 is 0. The van der Waals surface area contributed by atoms with Gasteiger partial charge in [-0.15, -0.1) is 0 Å². The fourth-order valence-electron chi connectivity index (χ4n) is 8.54. The summed E-state index contributed by atoms with van der Waals surface area (Å²) in [5.74, 6) is -1.98. The summed E-state index contributed by atoms with van der Waals surface area (Å²) in [5.41, 5.74) is 0. The van der Waals surface area contributed by atoms with Gasteiger partial charge >= 0.3 is 17.9 Å². The van der Waals surface area contributed by atoms with Crippen molar-refractivity contribution in [2.75, 3.05) is 47.5 Å². The molecular weight excluding hydrogens is 839 g/mol. The zero-order valence-electron chi connectivity index (χ0n) is 45.1. The molecule has 0 aromatic rings. The van der Waals surface area contributed by atoms with Crippen molar-refractivity contribution < 1.29 is 42.9 Å². The summed E-state index contributed by atoms with van der Waals surface area (Å²) in [6.45, 7) is 4.93. The Balaban J connectivity index is 4.15. The van der Waals surface area contributed by atoms with Crippen LogP contribution < -0.4 is 0 Å². The molecular formula is C58H112NO8+. The number of likely N-dealkylation sites (N-methyl/N-ethyl adjacent to an activating group) is 1. The number of ether oxygens (including phenoxy) is 4. The topological polar surface area (TPSA) is 108 Å². The van der Waals surface area contributed by atoms with Crippen LogP contribution in [0.25, 0.3) is 0 Å². The van der Waals surface area contributed by atoms with Crippen LogP contribution in [0.5, 0.6) is 0 Å². The van der Waals surface area contributed by atoms with E-state index in [4.69, 9.17) is 18.9 Å². The van der Waals surface area contributed by atoms with Gasteiger partial charge in [0.1, 0.15) is 13.2 Å². The number of carboxylic acids is 1. The Labute approximate surface area is 415 Å². The van der Waals surface area contributed by atoms with Crippen LogP contribution >= 0.6 is 0 Å². The molecule has 0 saturated heterocycles. The maximum absolute atomic E-state index is 12.9. The summed E-state index contributed by atoms with van der Waals surface area (Å²) in [6, 6.07) is 0. The molecule has 1 N–H and O–H groups in total. The minimum atomic E-state index is -1.50. The number of hydrogen-bond acceptors (Lipinski definition) is 7. The normalized spacial score (nSPS) is 12.8. The number of allylic oxidation sites excluding steroid dienone is 2. The second-order valence-corrected chi connectivity index (χ2v) is 21.0. The Morgan fingerprint density at radius 1 is 0.433 bits per heavy atom. The van der Waals surface area contributed by atoms with Crippen molar-refractivity contribution in [1.82, 2.24) is 0 Å². The molecule has 67 heavy (non-hydrogen) atoms. The molecule has 0 rings (SSSR count). The first-order valence-corrected chi connectivity index (χ1v) is 28.9. The maximum Gasteiger partial charge on any atom is 0.361 e. The van der Waals surface area contributed by atoms with Crippen LogP contribution in [-0.4, -0.2) is 87.4 Å². The van der Waals surface area contributed by atoms with Gasteiger partial charge in [-0.25, -0.2) is 4.79 Å². The van der Waals surface area contributed by atoms with Crippen molar-refractivity contribution in [3.8, 4) is 0 Å². The molecule has 396 valence electrons. The van der Waals surface area contributed by atoms with Gasteiger partial charge < -0.3 is 28.5 Å². The number of carbonyl (C=O) groups is 3. The van der Waals surface area contributed by atoms with Crippen LogP contribution in [0.2, 0.25) is 0 Å². The van der Waals surface area contributed by atoms with E-state index in [9.17, 15) is 19.5 Å². The highest BCUT2D eigenvalue weighted by Crippen LogP contribution is 2.17. The Kier molecular flexibility index (Phi) is 48.9. The fourth-order valence-corrected chi connectivity index (χ4v) is 8.54. The second-order valence-electron chi connectivity index (χ2n) is 21.0. The quantitative estimate of drug-likeness (QED) is 0.0211. The minimum absolute atomic E-state index is 0.175. The lowest BCUT2D eigenvalue weighted by Gasteiger charge is -2.25. The van der Waals surface area contributed by atoms with Crippen molar-refractivity contribution >= 4 is 17.9 Å². The maximum atomic E-state index is 12.9. The minimum Gasteiger partial charge on any atom is -0.477 e. The molecule has 2 unspecified atom stereocenters. The molecule has 0 amide bonds. The van der Waals surface area contributed by atoms with Gasteiger partial charge in [0.05, 0.1) is 34.4 Å². The molecule has 0 aliphatic carbocycles. The van der Waals surface area contributed by atoms with Gasteiger partial charge in [-0.1, -0.05) is 244 Å². The van der Waals surface area contributed by atoms with Crippen LogP contribution in [0, 0.1) is 0 Å². The number of carboxylic acid groups (broad SMARTS) is 1. The third kappa shape index (κ3) is 51.7. The van der Waals surface area contributed by atoms with E-state index < -0.39 is 18.4 Å². The zero-order valence-corrected chi connectivity index (χ0v) is 45.1. The molecule has 0 saturated carbocycles. The standard InChI is InChI=1S/C58H111NO8/c1-6-8-10-12-14-16-18-20-22-23-24-25-26-27-28-29-30-31-32-33-35-37-39-41-43-45-47-49-56(61)67-54(53-66-58(57(62)63)64-51-50-59(3,4)5)52-65-55(60)48-46-44-42-40-38-36-34-21-19-17-15-13-11-9-7-2/h23-24,54,58H,6-22,25-53H2,1-5H3/p+1/b24-23-. The van der Waals surface area contributed by atoms with Gasteiger partial charge in [-0.05, 0) is 38.5 Å². The Morgan fingerprint density at radius 3 is 1.10 bits per heavy atom. The van der Waals surface area contributed by atoms with E-state index in [1.54, 1.807) is 0 Å². The van der Waals surface area contributed by atoms with Gasteiger partial charge in [0.2, 0.25) is 0 Å². The van der Waals surface area contributed by atoms with Gasteiger partial charge in [0.25, 0.3) is 6.29 Å². The predicted molar refractivity (Wildman–Crippen MR) is 281 cm³/mol. The number of quaternary nitrogens is 1. The van der Waals surface area contributed by atoms with Crippen LogP contribution in [0.3, 0.4) is 0 Å². The number of rotatable bonds is 54. The van der Waals surface area contributed by atoms with Crippen molar-refractivity contribution in [3.63, 3.8) is 0 Å². The lowest BCUT2D eigenvalue weighted by atomic mass is 10.0. The fraction of sp³-hybridized carbons (Fsp3) is 0.914. The van der Waals surface area contributed by atoms with E-state index in [2.05, 4.69) is 26.0 Å². The summed E-state index contributed by atoms with van der Waals surface area (Å²) in [6.07, 6.45) is 54.3. The average molecular weight is 952 g/mol. The third-order valence-electron chi connectivity index (χ3n) is 13.0. The van der Waals surface area contributed by atoms with Gasteiger partial charge in [0.15, 0.2) is 6.10 Å². The van der Waals surface area contributed by atoms with E-state index in [1.807, 2.05) is 21.1 Å². The Bertz CT molecular complexity index is 1110. The van der Waals surface area contributed by atoms with Crippen molar-refractivity contribution in [2.45, 2.75) is 296 Å². The monoisotopic (exact) mass is 951 g/mol. The van der Waals surface area contributed by atoms with Gasteiger partial charge in [-0.2, -0.15) is 0 Å². The largest absolute Gasteiger partial charge is 0.477 e. The third-order valence-corrected chi connectivity index (χ3v) is 13.0. The number of hydrogen-bond donors (Lipinski definition) is 1. The van der Waals surface area contributed by atoms with Gasteiger partial charge in [0, 0.05) is 12.8 Å². The Morgan fingerprint density at radius 2 is 0.761 bits per heavy atom. The van der Waals surface area contributed by atoms with E-state index in [0.717, 1.165) is 38.5 Å². The molecule has 0 aliphatic rings. The molecule has 0 fully saturated rings. The summed E-state index contributed by atoms with van der Waals surface area (Å²) in [5, 5.41) is 9.69. The van der Waals surface area contributed by atoms with Crippen LogP contribution in [0.15, 0.2) is 12.2 Å². The van der Waals surface area contributed by atoms with E-state index in [0.29, 0.717) is 17.4 Å². The number of aliphatic carboxylic acids is 1. The lowest BCUT2D eigenvalue weighted by molar-refractivity contribution is -0.870. The lowest BCUT2D eigenvalue weighted by Crippen LogP contribution is -2.40. The molecule has 9 nitrogen and oxygen atoms in total. The first-order valence-electron chi connectivity index (χ1n) is 28.9. The highest BCUT2D eigenvalue weighted by atomic mass is 16.7. The van der Waals surface area contributed by atoms with Crippen molar-refractivity contribution in [3.05, 3.63) is 12.2 Å². The number of esters is 2. The van der Waals surface area contributed by atoms with E-state index in [-0.39, 0.29) is 38.2 Å². The SMILES string of the molecule is CCCCCCCCCC/C=C\CCCCCCCCCCCCCCCCCC(=O)OC(COC(=O)CCCCCCCCCCCCCCCCC)COC(OCC[N+](C)(C)C)C(=O)O. The van der Waals surface area contributed by atoms with Crippen LogP contribution in [-0.2, 0) is 33.3 Å². The molecule has 0 aliphatic heterocycles. The summed E-state index contributed by atoms with van der Waals surface area (Å²) in [7, 11) is 5.98. The predicted octanol–water partition coefficient (Wildman–Crippen LogP) is 16.6. The average Bonchev–Trinajstić information content (AvgIpc) is 3.29. The molecule has 9 heteroatoms. The number of nitrogens with zero attached hydrogens (tertiary/aromatic N) is 1. The highest BCUT2D eigenvalue weighted by Gasteiger charge is 2.25. The summed E-state index contributed by atoms with van der Waals surface area (Å²) < 4.78 is 22.9. The first-order chi connectivity index (χ1) is 32.6. The number of unbranched alkanes of at least 4 members (excludes halogenated alkanes) is 37. The molecule has 0 bridgehead atoms. The molecule has 0 spiro atoms. The Hall–Kier alpha value is -1.97. The van der Waals surface area contributed by atoms with Crippen LogP contribution in [0.4, 0.5) is 0 Å². The molecule has 0 radical (unpaired) electrons. The molecule has 0 heterocycles. The smallest absolute Gasteiger partial charge is 0.361 e. The number of carbonyl (C=O) groups excluding carboxylic acids is 2.